The minimum atomic E-state index is -0.447. The van der Waals surface area contributed by atoms with Crippen molar-refractivity contribution in [3.05, 3.63) is 93.7 Å². The van der Waals surface area contributed by atoms with Gasteiger partial charge in [-0.2, -0.15) is 5.10 Å². The molecule has 1 N–H and O–H groups in total. The van der Waals surface area contributed by atoms with E-state index < -0.39 is 5.91 Å². The van der Waals surface area contributed by atoms with Crippen LogP contribution in [0.2, 0.25) is 0 Å². The van der Waals surface area contributed by atoms with E-state index in [2.05, 4.69) is 32.5 Å². The molecule has 0 atom stereocenters. The Hall–Kier alpha value is -3.58. The van der Waals surface area contributed by atoms with Crippen molar-refractivity contribution in [2.24, 2.45) is 5.10 Å². The van der Waals surface area contributed by atoms with Gasteiger partial charge in [0.25, 0.3) is 0 Å². The number of hydrogen-bond donors (Lipinski definition) is 1. The molecule has 7 heteroatoms. The van der Waals surface area contributed by atoms with Crippen molar-refractivity contribution in [3.8, 4) is 11.5 Å². The Morgan fingerprint density at radius 1 is 1.09 bits per heavy atom. The Kier molecular flexibility index (Phi) is 7.10. The van der Waals surface area contributed by atoms with Crippen molar-refractivity contribution in [3.63, 3.8) is 0 Å². The fourth-order valence-electron chi connectivity index (χ4n) is 3.32. The van der Waals surface area contributed by atoms with Crippen molar-refractivity contribution < 1.29 is 18.7 Å². The first kappa shape index (κ1) is 22.6. The third-order valence-corrected chi connectivity index (χ3v) is 5.33. The second kappa shape index (κ2) is 10.4. The molecule has 0 aliphatic carbocycles. The zero-order chi connectivity index (χ0) is 23.2. The van der Waals surface area contributed by atoms with Crippen LogP contribution >= 0.6 is 15.9 Å². The number of nitrogens with zero attached hydrogens (tertiary/aromatic N) is 1. The first-order valence-electron chi connectivity index (χ1n) is 10.5. The summed E-state index contributed by atoms with van der Waals surface area (Å²) in [5.41, 5.74) is 6.09. The van der Waals surface area contributed by atoms with E-state index >= 15 is 0 Å². The lowest BCUT2D eigenvalue weighted by Gasteiger charge is -2.10. The van der Waals surface area contributed by atoms with Gasteiger partial charge in [0.05, 0.1) is 12.8 Å². The number of rotatable bonds is 8. The van der Waals surface area contributed by atoms with Crippen molar-refractivity contribution in [1.82, 2.24) is 5.43 Å². The highest BCUT2D eigenvalue weighted by molar-refractivity contribution is 9.10. The molecule has 0 unspecified atom stereocenters. The van der Waals surface area contributed by atoms with E-state index in [-0.39, 0.29) is 5.76 Å². The summed E-state index contributed by atoms with van der Waals surface area (Å²) >= 11 is 3.47. The normalized spacial score (nSPS) is 11.1. The molecule has 0 aliphatic heterocycles. The lowest BCUT2D eigenvalue weighted by atomic mass is 10.1. The lowest BCUT2D eigenvalue weighted by Crippen LogP contribution is -2.16. The molecule has 1 amide bonds. The molecule has 168 valence electrons. The minimum Gasteiger partial charge on any atom is -0.494 e. The number of ether oxygens (including phenoxy) is 2. The van der Waals surface area contributed by atoms with Gasteiger partial charge in [0.15, 0.2) is 5.76 Å². The van der Waals surface area contributed by atoms with Crippen molar-refractivity contribution in [1.29, 1.82) is 0 Å². The molecule has 0 spiro atoms. The van der Waals surface area contributed by atoms with Crippen LogP contribution in [0.15, 0.2) is 80.7 Å². The van der Waals surface area contributed by atoms with E-state index in [1.165, 1.54) is 5.56 Å². The minimum absolute atomic E-state index is 0.168. The Morgan fingerprint density at radius 3 is 2.79 bits per heavy atom. The number of benzene rings is 3. The fourth-order valence-corrected chi connectivity index (χ4v) is 3.70. The first-order valence-corrected chi connectivity index (χ1v) is 11.3. The quantitative estimate of drug-likeness (QED) is 0.226. The van der Waals surface area contributed by atoms with Crippen molar-refractivity contribution in [2.75, 3.05) is 6.61 Å². The van der Waals surface area contributed by atoms with E-state index in [9.17, 15) is 4.79 Å². The molecule has 0 fully saturated rings. The highest BCUT2D eigenvalue weighted by Crippen LogP contribution is 2.25. The average molecular weight is 507 g/mol. The average Bonchev–Trinajstić information content (AvgIpc) is 3.22. The summed E-state index contributed by atoms with van der Waals surface area (Å²) in [6.07, 6.45) is 1.55. The van der Waals surface area contributed by atoms with Gasteiger partial charge in [0, 0.05) is 15.4 Å². The summed E-state index contributed by atoms with van der Waals surface area (Å²) < 4.78 is 18.0. The Balaban J connectivity index is 1.44. The molecule has 0 saturated heterocycles. The fraction of sp³-hybridized carbons (Fsp3) is 0.154. The third kappa shape index (κ3) is 5.81. The maximum absolute atomic E-state index is 12.5. The molecular weight excluding hydrogens is 484 g/mol. The maximum Gasteiger partial charge on any atom is 0.307 e. The topological polar surface area (TPSA) is 73.1 Å². The number of furan rings is 1. The smallest absolute Gasteiger partial charge is 0.307 e. The number of fused-ring (bicyclic) bond motifs is 1. The van der Waals surface area contributed by atoms with Crippen LogP contribution in [-0.4, -0.2) is 18.7 Å². The summed E-state index contributed by atoms with van der Waals surface area (Å²) in [6.45, 7) is 4.96. The number of amides is 1. The Bertz CT molecular complexity index is 1310. The van der Waals surface area contributed by atoms with E-state index in [0.29, 0.717) is 24.5 Å². The molecule has 33 heavy (non-hydrogen) atoms. The summed E-state index contributed by atoms with van der Waals surface area (Å²) in [5, 5.41) is 4.88. The first-order chi connectivity index (χ1) is 16.0. The van der Waals surface area contributed by atoms with Crippen LogP contribution in [0.5, 0.6) is 11.5 Å². The molecule has 4 aromatic rings. The highest BCUT2D eigenvalue weighted by atomic mass is 79.9. The predicted octanol–water partition coefficient (Wildman–Crippen LogP) is 6.25. The zero-order valence-electron chi connectivity index (χ0n) is 18.3. The number of hydrazone groups is 1. The van der Waals surface area contributed by atoms with Crippen molar-refractivity contribution >= 4 is 39.0 Å². The van der Waals surface area contributed by atoms with Gasteiger partial charge in [0.1, 0.15) is 23.7 Å². The molecule has 0 saturated carbocycles. The van der Waals surface area contributed by atoms with E-state index in [1.807, 2.05) is 56.3 Å². The van der Waals surface area contributed by atoms with Crippen LogP contribution in [0.3, 0.4) is 0 Å². The second-order valence-electron chi connectivity index (χ2n) is 7.40. The molecule has 0 bridgehead atoms. The van der Waals surface area contributed by atoms with E-state index in [1.54, 1.807) is 24.4 Å². The van der Waals surface area contributed by atoms with E-state index in [0.717, 1.165) is 26.7 Å². The second-order valence-corrected chi connectivity index (χ2v) is 8.32. The number of aryl methyl sites for hydroxylation is 1. The van der Waals surface area contributed by atoms with Crippen LogP contribution < -0.4 is 14.9 Å². The molecule has 1 aromatic heterocycles. The van der Waals surface area contributed by atoms with Crippen LogP contribution in [0.4, 0.5) is 0 Å². The highest BCUT2D eigenvalue weighted by Gasteiger charge is 2.12. The lowest BCUT2D eigenvalue weighted by molar-refractivity contribution is 0.0929. The van der Waals surface area contributed by atoms with Crippen molar-refractivity contribution in [2.45, 2.75) is 20.5 Å². The van der Waals surface area contributed by atoms with Gasteiger partial charge in [-0.3, -0.25) is 4.79 Å². The van der Waals surface area contributed by atoms with Crippen LogP contribution in [0, 0.1) is 6.92 Å². The van der Waals surface area contributed by atoms with Gasteiger partial charge in [-0.25, -0.2) is 5.43 Å². The molecular formula is C26H23BrN2O4. The summed E-state index contributed by atoms with van der Waals surface area (Å²) in [6, 6.07) is 20.9. The molecule has 0 aliphatic rings. The Morgan fingerprint density at radius 2 is 1.97 bits per heavy atom. The monoisotopic (exact) mass is 506 g/mol. The predicted molar refractivity (Wildman–Crippen MR) is 132 cm³/mol. The Labute approximate surface area is 200 Å². The maximum atomic E-state index is 12.5. The van der Waals surface area contributed by atoms with E-state index in [4.69, 9.17) is 13.9 Å². The number of halogens is 1. The van der Waals surface area contributed by atoms with Crippen LogP contribution in [0.25, 0.3) is 11.0 Å². The molecule has 4 rings (SSSR count). The van der Waals surface area contributed by atoms with Gasteiger partial charge in [-0.15, -0.1) is 0 Å². The number of hydrogen-bond acceptors (Lipinski definition) is 5. The van der Waals surface area contributed by atoms with Crippen LogP contribution in [-0.2, 0) is 6.61 Å². The zero-order valence-corrected chi connectivity index (χ0v) is 19.9. The van der Waals surface area contributed by atoms with Gasteiger partial charge in [0.2, 0.25) is 0 Å². The standard InChI is InChI=1S/C26H23BrN2O4/c1-3-31-22-8-10-24-19(13-22)14-25(33-24)26(30)29-28-15-20-12-21(27)7-9-23(20)32-16-18-6-4-5-17(2)11-18/h4-15H,3,16H2,1-2H3,(H,29,30)/b28-15+. The SMILES string of the molecule is CCOc1ccc2oc(C(=O)N/N=C/c3cc(Br)ccc3OCc3cccc(C)c3)cc2c1. The van der Waals surface area contributed by atoms with Gasteiger partial charge in [-0.1, -0.05) is 45.8 Å². The summed E-state index contributed by atoms with van der Waals surface area (Å²) in [4.78, 5) is 12.5. The summed E-state index contributed by atoms with van der Waals surface area (Å²) in [7, 11) is 0. The molecule has 1 heterocycles. The molecule has 3 aromatic carbocycles. The third-order valence-electron chi connectivity index (χ3n) is 4.84. The molecule has 0 radical (unpaired) electrons. The van der Waals surface area contributed by atoms with Gasteiger partial charge in [-0.05, 0) is 61.9 Å². The van der Waals surface area contributed by atoms with Crippen LogP contribution in [0.1, 0.15) is 34.2 Å². The number of nitrogens with one attached hydrogen (secondary N) is 1. The largest absolute Gasteiger partial charge is 0.494 e. The van der Waals surface area contributed by atoms with Gasteiger partial charge < -0.3 is 13.9 Å². The number of carbonyl (C=O) groups is 1. The number of carbonyl (C=O) groups excluding carboxylic acids is 1. The van der Waals surface area contributed by atoms with Gasteiger partial charge >= 0.3 is 5.91 Å². The summed E-state index contributed by atoms with van der Waals surface area (Å²) in [5.74, 6) is 1.10. The molecule has 6 nitrogen and oxygen atoms in total.